The number of hydrogen-bond acceptors (Lipinski definition) is 8. The molecule has 4 aromatic rings. The van der Waals surface area contributed by atoms with Crippen LogP contribution in [-0.2, 0) is 16.6 Å². The van der Waals surface area contributed by atoms with E-state index in [0.717, 1.165) is 11.1 Å². The molecular weight excluding hydrogens is 486 g/mol. The maximum absolute atomic E-state index is 13.0. The highest BCUT2D eigenvalue weighted by molar-refractivity contribution is 7.89. The van der Waals surface area contributed by atoms with Crippen LogP contribution in [0.25, 0.3) is 15.5 Å². The van der Waals surface area contributed by atoms with E-state index in [1.54, 1.807) is 19.2 Å². The monoisotopic (exact) mass is 511 g/mol. The van der Waals surface area contributed by atoms with Crippen LogP contribution >= 0.6 is 11.3 Å². The number of fused-ring (bicyclic) bond motifs is 1. The molecule has 0 spiro atoms. The zero-order chi connectivity index (χ0) is 24.6. The number of aryl methyl sites for hydroxylation is 1. The van der Waals surface area contributed by atoms with Crippen molar-refractivity contribution in [3.8, 4) is 16.3 Å². The van der Waals surface area contributed by atoms with Gasteiger partial charge in [-0.3, -0.25) is 9.69 Å². The highest BCUT2D eigenvalue weighted by Gasteiger charge is 2.28. The molecule has 0 unspecified atom stereocenters. The summed E-state index contributed by atoms with van der Waals surface area (Å²) in [4.78, 5) is 20.3. The van der Waals surface area contributed by atoms with E-state index in [4.69, 9.17) is 4.74 Å². The van der Waals surface area contributed by atoms with E-state index >= 15 is 0 Å². The van der Waals surface area contributed by atoms with E-state index < -0.39 is 10.0 Å². The van der Waals surface area contributed by atoms with Gasteiger partial charge in [0.1, 0.15) is 5.75 Å². The molecule has 0 saturated carbocycles. The largest absolute Gasteiger partial charge is 0.496 e. The van der Waals surface area contributed by atoms with Crippen molar-refractivity contribution >= 4 is 26.3 Å². The van der Waals surface area contributed by atoms with Crippen LogP contribution in [0.5, 0.6) is 5.75 Å². The van der Waals surface area contributed by atoms with Crippen molar-refractivity contribution < 1.29 is 13.2 Å². The summed E-state index contributed by atoms with van der Waals surface area (Å²) in [6.45, 7) is 4.28. The molecule has 2 aromatic heterocycles. The maximum Gasteiger partial charge on any atom is 0.275 e. The second kappa shape index (κ2) is 9.50. The lowest BCUT2D eigenvalue weighted by Gasteiger charge is -2.33. The fourth-order valence-electron chi connectivity index (χ4n) is 4.08. The van der Waals surface area contributed by atoms with Gasteiger partial charge in [-0.15, -0.1) is 0 Å². The van der Waals surface area contributed by atoms with E-state index in [2.05, 4.69) is 15.0 Å². The first kappa shape index (κ1) is 23.6. The Balaban J connectivity index is 1.31. The summed E-state index contributed by atoms with van der Waals surface area (Å²) in [7, 11) is -1.92. The van der Waals surface area contributed by atoms with Gasteiger partial charge >= 0.3 is 0 Å². The van der Waals surface area contributed by atoms with Gasteiger partial charge in [-0.2, -0.15) is 13.9 Å². The minimum Gasteiger partial charge on any atom is -0.496 e. The molecule has 9 nitrogen and oxygen atoms in total. The predicted molar refractivity (Wildman–Crippen MR) is 134 cm³/mol. The third-order valence-electron chi connectivity index (χ3n) is 6.01. The van der Waals surface area contributed by atoms with Gasteiger partial charge in [0.05, 0.1) is 23.3 Å². The molecule has 2 aromatic carbocycles. The van der Waals surface area contributed by atoms with Crippen LogP contribution in [0, 0.1) is 6.92 Å². The first-order valence-electron chi connectivity index (χ1n) is 11.2. The molecular formula is C24H25N5O4S2. The summed E-state index contributed by atoms with van der Waals surface area (Å²) in [5, 5.41) is 5.10. The van der Waals surface area contributed by atoms with Crippen molar-refractivity contribution in [1.82, 2.24) is 23.8 Å². The van der Waals surface area contributed by atoms with Gasteiger partial charge in [0.15, 0.2) is 5.01 Å². The Morgan fingerprint density at radius 1 is 1.03 bits per heavy atom. The van der Waals surface area contributed by atoms with Crippen LogP contribution in [0.1, 0.15) is 11.3 Å². The topological polar surface area (TPSA) is 97.1 Å². The number of hydrogen-bond donors (Lipinski definition) is 0. The quantitative estimate of drug-likeness (QED) is 0.393. The number of para-hydroxylation sites is 1. The molecule has 0 radical (unpaired) electrons. The summed E-state index contributed by atoms with van der Waals surface area (Å²) in [5.41, 5.74) is 2.21. The Kier molecular flexibility index (Phi) is 6.41. The molecule has 0 aliphatic carbocycles. The Morgan fingerprint density at radius 2 is 1.74 bits per heavy atom. The SMILES string of the molecule is COc1ccccc1-c1nn2c(=O)cc(CN3CCN(S(=O)(=O)c4ccc(C)cc4)CC3)nc2s1. The lowest BCUT2D eigenvalue weighted by molar-refractivity contribution is 0.180. The van der Waals surface area contributed by atoms with Crippen LogP contribution in [0.3, 0.4) is 0 Å². The molecule has 0 N–H and O–H groups in total. The summed E-state index contributed by atoms with van der Waals surface area (Å²) in [6.07, 6.45) is 0. The smallest absolute Gasteiger partial charge is 0.275 e. The van der Waals surface area contributed by atoms with E-state index in [0.29, 0.717) is 59.0 Å². The van der Waals surface area contributed by atoms with Gasteiger partial charge in [-0.1, -0.05) is 41.2 Å². The van der Waals surface area contributed by atoms with Crippen LogP contribution in [-0.4, -0.2) is 65.5 Å². The van der Waals surface area contributed by atoms with E-state index in [1.807, 2.05) is 43.3 Å². The van der Waals surface area contributed by atoms with Gasteiger partial charge in [-0.05, 0) is 31.2 Å². The van der Waals surface area contributed by atoms with Crippen molar-refractivity contribution in [2.75, 3.05) is 33.3 Å². The first-order chi connectivity index (χ1) is 16.8. The number of ether oxygens (including phenoxy) is 1. The molecule has 35 heavy (non-hydrogen) atoms. The molecule has 182 valence electrons. The zero-order valence-corrected chi connectivity index (χ0v) is 21.1. The average molecular weight is 512 g/mol. The highest BCUT2D eigenvalue weighted by atomic mass is 32.2. The molecule has 3 heterocycles. The number of benzene rings is 2. The zero-order valence-electron chi connectivity index (χ0n) is 19.4. The van der Waals surface area contributed by atoms with Gasteiger partial charge in [0, 0.05) is 38.8 Å². The fourth-order valence-corrected chi connectivity index (χ4v) is 6.46. The standard InChI is InChI=1S/C24H25N5O4S2/c1-17-7-9-19(10-8-17)35(31,32)28-13-11-27(12-14-28)16-18-15-22(30)29-24(25-18)34-23(26-29)20-5-3-4-6-21(20)33-2/h3-10,15H,11-14,16H2,1-2H3. The second-order valence-corrected chi connectivity index (χ2v) is 11.3. The fraction of sp³-hybridized carbons (Fsp3) is 0.292. The molecule has 0 amide bonds. The van der Waals surface area contributed by atoms with Crippen molar-refractivity contribution in [3.63, 3.8) is 0 Å². The van der Waals surface area contributed by atoms with Gasteiger partial charge < -0.3 is 4.74 Å². The number of nitrogens with zero attached hydrogens (tertiary/aromatic N) is 5. The summed E-state index contributed by atoms with van der Waals surface area (Å²) < 4.78 is 34.2. The first-order valence-corrected chi connectivity index (χ1v) is 13.4. The van der Waals surface area contributed by atoms with E-state index in [-0.39, 0.29) is 5.56 Å². The predicted octanol–water partition coefficient (Wildman–Crippen LogP) is 2.64. The van der Waals surface area contributed by atoms with Gasteiger partial charge in [0.25, 0.3) is 5.56 Å². The van der Waals surface area contributed by atoms with Crippen LogP contribution < -0.4 is 10.3 Å². The molecule has 5 rings (SSSR count). The van der Waals surface area contributed by atoms with Crippen molar-refractivity contribution in [3.05, 3.63) is 76.2 Å². The normalized spacial score (nSPS) is 15.5. The van der Waals surface area contributed by atoms with Crippen LogP contribution in [0.2, 0.25) is 0 Å². The maximum atomic E-state index is 13.0. The third-order valence-corrected chi connectivity index (χ3v) is 8.87. The Labute approximate surface area is 207 Å². The average Bonchev–Trinajstić information content (AvgIpc) is 3.29. The molecule has 11 heteroatoms. The molecule has 1 saturated heterocycles. The van der Waals surface area contributed by atoms with E-state index in [1.165, 1.54) is 26.2 Å². The lowest BCUT2D eigenvalue weighted by atomic mass is 10.2. The number of methoxy groups -OCH3 is 1. The minimum atomic E-state index is -3.52. The Bertz CT molecular complexity index is 1520. The molecule has 0 bridgehead atoms. The van der Waals surface area contributed by atoms with Crippen LogP contribution in [0.4, 0.5) is 0 Å². The van der Waals surface area contributed by atoms with Gasteiger partial charge in [0.2, 0.25) is 15.0 Å². The van der Waals surface area contributed by atoms with Crippen LogP contribution in [0.15, 0.2) is 64.3 Å². The molecule has 1 fully saturated rings. The molecule has 0 atom stereocenters. The Morgan fingerprint density at radius 3 is 2.46 bits per heavy atom. The molecule has 1 aliphatic rings. The number of piperazine rings is 1. The second-order valence-electron chi connectivity index (χ2n) is 8.38. The number of rotatable bonds is 6. The minimum absolute atomic E-state index is 0.247. The number of aromatic nitrogens is 3. The number of sulfonamides is 1. The molecule has 1 aliphatic heterocycles. The summed E-state index contributed by atoms with van der Waals surface area (Å²) in [6, 6.07) is 15.9. The third kappa shape index (κ3) is 4.72. The summed E-state index contributed by atoms with van der Waals surface area (Å²) in [5.74, 6) is 0.679. The van der Waals surface area contributed by atoms with Gasteiger partial charge in [-0.25, -0.2) is 13.4 Å². The lowest BCUT2D eigenvalue weighted by Crippen LogP contribution is -2.48. The Hall–Kier alpha value is -3.12. The summed E-state index contributed by atoms with van der Waals surface area (Å²) >= 11 is 1.33. The highest BCUT2D eigenvalue weighted by Crippen LogP contribution is 2.32. The van der Waals surface area contributed by atoms with Crippen molar-refractivity contribution in [2.45, 2.75) is 18.4 Å². The van der Waals surface area contributed by atoms with Crippen molar-refractivity contribution in [2.24, 2.45) is 0 Å². The van der Waals surface area contributed by atoms with E-state index in [9.17, 15) is 13.2 Å². The van der Waals surface area contributed by atoms with Crippen molar-refractivity contribution in [1.29, 1.82) is 0 Å².